The van der Waals surface area contributed by atoms with E-state index in [1.54, 1.807) is 0 Å². The van der Waals surface area contributed by atoms with Crippen LogP contribution >= 0.6 is 0 Å². The summed E-state index contributed by atoms with van der Waals surface area (Å²) in [6.07, 6.45) is 9.65. The highest BCUT2D eigenvalue weighted by Gasteiger charge is 2.34. The van der Waals surface area contributed by atoms with Gasteiger partial charge in [0.15, 0.2) is 0 Å². The van der Waals surface area contributed by atoms with Gasteiger partial charge in [0.25, 0.3) is 0 Å². The molecule has 1 aliphatic carbocycles. The molecule has 20 heavy (non-hydrogen) atoms. The van der Waals surface area contributed by atoms with Crippen LogP contribution in [-0.4, -0.2) is 4.98 Å². The third kappa shape index (κ3) is 2.45. The lowest BCUT2D eigenvalue weighted by molar-refractivity contribution is 0.299. The third-order valence-corrected chi connectivity index (χ3v) is 4.94. The number of rotatable bonds is 1. The molecule has 0 saturated heterocycles. The molecule has 0 amide bonds. The van der Waals surface area contributed by atoms with E-state index in [0.717, 1.165) is 12.8 Å². The van der Waals surface area contributed by atoms with Gasteiger partial charge < -0.3 is 5.73 Å². The average molecular weight is 268 g/mol. The normalized spacial score (nSPS) is 26.4. The molecule has 1 aliphatic rings. The molecule has 1 heterocycles. The maximum absolute atomic E-state index is 6.85. The van der Waals surface area contributed by atoms with Gasteiger partial charge in [0.2, 0.25) is 0 Å². The van der Waals surface area contributed by atoms with Crippen molar-refractivity contribution in [2.24, 2.45) is 11.1 Å². The lowest BCUT2D eigenvalue weighted by Gasteiger charge is -2.31. The fourth-order valence-corrected chi connectivity index (χ4v) is 3.52. The Hall–Kier alpha value is -1.41. The van der Waals surface area contributed by atoms with E-state index in [1.807, 2.05) is 12.4 Å². The lowest BCUT2D eigenvalue weighted by atomic mass is 9.79. The molecule has 2 heteroatoms. The van der Waals surface area contributed by atoms with E-state index in [0.29, 0.717) is 5.41 Å². The second-order valence-corrected chi connectivity index (χ2v) is 7.08. The predicted octanol–water partition coefficient (Wildman–Crippen LogP) is 4.38. The number of pyridine rings is 1. The first-order valence-corrected chi connectivity index (χ1v) is 7.62. The smallest absolute Gasteiger partial charge is 0.0416 e. The molecule has 2 N–H and O–H groups in total. The monoisotopic (exact) mass is 268 g/mol. The van der Waals surface area contributed by atoms with Crippen LogP contribution in [0, 0.1) is 5.41 Å². The van der Waals surface area contributed by atoms with Crippen LogP contribution < -0.4 is 5.73 Å². The molecule has 1 aromatic carbocycles. The molecule has 106 valence electrons. The Morgan fingerprint density at radius 3 is 2.75 bits per heavy atom. The zero-order chi connectivity index (χ0) is 14.2. The van der Waals surface area contributed by atoms with Crippen LogP contribution in [0.25, 0.3) is 10.8 Å². The summed E-state index contributed by atoms with van der Waals surface area (Å²) in [6, 6.07) is 8.55. The number of nitrogens with zero attached hydrogens (tertiary/aromatic N) is 1. The first-order valence-electron chi connectivity index (χ1n) is 7.62. The van der Waals surface area contributed by atoms with Crippen LogP contribution in [-0.2, 0) is 5.54 Å². The number of nitrogens with two attached hydrogens (primary N) is 1. The van der Waals surface area contributed by atoms with Crippen LogP contribution in [0.15, 0.2) is 36.7 Å². The highest BCUT2D eigenvalue weighted by atomic mass is 14.7. The molecule has 0 radical (unpaired) electrons. The molecular weight excluding hydrogens is 244 g/mol. The summed E-state index contributed by atoms with van der Waals surface area (Å²) in [5.74, 6) is 0. The van der Waals surface area contributed by atoms with Crippen LogP contribution in [0.1, 0.15) is 51.5 Å². The van der Waals surface area contributed by atoms with Gasteiger partial charge in [0.1, 0.15) is 0 Å². The molecule has 0 spiro atoms. The Balaban J connectivity index is 2.05. The van der Waals surface area contributed by atoms with Crippen molar-refractivity contribution < 1.29 is 0 Å². The molecule has 1 fully saturated rings. The molecule has 0 aliphatic heterocycles. The van der Waals surface area contributed by atoms with Crippen molar-refractivity contribution in [2.75, 3.05) is 0 Å². The summed E-state index contributed by atoms with van der Waals surface area (Å²) in [5.41, 5.74) is 8.39. The fraction of sp³-hybridized carbons (Fsp3) is 0.500. The second kappa shape index (κ2) is 4.85. The quantitative estimate of drug-likeness (QED) is 0.780. The lowest BCUT2D eigenvalue weighted by Crippen LogP contribution is -2.36. The van der Waals surface area contributed by atoms with Crippen molar-refractivity contribution in [1.29, 1.82) is 0 Å². The topological polar surface area (TPSA) is 38.9 Å². The number of hydrogen-bond acceptors (Lipinski definition) is 2. The van der Waals surface area contributed by atoms with Crippen molar-refractivity contribution in [3.05, 3.63) is 42.2 Å². The van der Waals surface area contributed by atoms with Gasteiger partial charge in [0, 0.05) is 23.3 Å². The van der Waals surface area contributed by atoms with Gasteiger partial charge in [-0.3, -0.25) is 4.98 Å². The molecule has 1 unspecified atom stereocenters. The van der Waals surface area contributed by atoms with E-state index < -0.39 is 0 Å². The minimum absolute atomic E-state index is 0.186. The molecule has 2 nitrogen and oxygen atoms in total. The predicted molar refractivity (Wildman–Crippen MR) is 84.5 cm³/mol. The molecular formula is C18H24N2. The summed E-state index contributed by atoms with van der Waals surface area (Å²) in [5, 5.41) is 2.46. The van der Waals surface area contributed by atoms with Gasteiger partial charge in [-0.15, -0.1) is 0 Å². The first kappa shape index (κ1) is 13.6. The van der Waals surface area contributed by atoms with Gasteiger partial charge in [-0.1, -0.05) is 38.5 Å². The second-order valence-electron chi connectivity index (χ2n) is 7.08. The Morgan fingerprint density at radius 1 is 1.05 bits per heavy atom. The van der Waals surface area contributed by atoms with Crippen LogP contribution in [0.5, 0.6) is 0 Å². The Labute approximate surface area is 121 Å². The molecule has 2 aromatic rings. The Bertz CT molecular complexity index is 612. The third-order valence-electron chi connectivity index (χ3n) is 4.94. The SMILES string of the molecule is CC1(C)CCCC(N)(c2cccc3cnccc23)CC1. The fourth-order valence-electron chi connectivity index (χ4n) is 3.52. The Morgan fingerprint density at radius 2 is 1.90 bits per heavy atom. The van der Waals surface area contributed by atoms with Crippen LogP contribution in [0.2, 0.25) is 0 Å². The molecule has 1 aromatic heterocycles. The molecule has 1 atom stereocenters. The maximum Gasteiger partial charge on any atom is 0.0416 e. The van der Waals surface area contributed by atoms with Crippen molar-refractivity contribution in [2.45, 2.75) is 51.5 Å². The van der Waals surface area contributed by atoms with E-state index >= 15 is 0 Å². The molecule has 0 bridgehead atoms. The molecule has 1 saturated carbocycles. The largest absolute Gasteiger partial charge is 0.321 e. The number of hydrogen-bond donors (Lipinski definition) is 1. The van der Waals surface area contributed by atoms with E-state index in [4.69, 9.17) is 5.73 Å². The zero-order valence-corrected chi connectivity index (χ0v) is 12.5. The highest BCUT2D eigenvalue weighted by molar-refractivity contribution is 5.85. The summed E-state index contributed by atoms with van der Waals surface area (Å²) >= 11 is 0. The van der Waals surface area contributed by atoms with Crippen LogP contribution in [0.3, 0.4) is 0 Å². The number of benzene rings is 1. The van der Waals surface area contributed by atoms with E-state index in [2.05, 4.69) is 43.1 Å². The number of fused-ring (bicyclic) bond motifs is 1. The maximum atomic E-state index is 6.85. The van der Waals surface area contributed by atoms with E-state index in [-0.39, 0.29) is 5.54 Å². The summed E-state index contributed by atoms with van der Waals surface area (Å²) in [4.78, 5) is 4.22. The van der Waals surface area contributed by atoms with Gasteiger partial charge in [-0.25, -0.2) is 0 Å². The summed E-state index contributed by atoms with van der Waals surface area (Å²) < 4.78 is 0. The summed E-state index contributed by atoms with van der Waals surface area (Å²) in [7, 11) is 0. The van der Waals surface area contributed by atoms with Gasteiger partial charge in [0.05, 0.1) is 0 Å². The van der Waals surface area contributed by atoms with Crippen LogP contribution in [0.4, 0.5) is 0 Å². The Kier molecular flexibility index (Phi) is 3.29. The standard InChI is InChI=1S/C18H24N2/c1-17(2)8-4-9-18(19,11-10-17)16-6-3-5-14-13-20-12-7-15(14)16/h3,5-7,12-13H,4,8-11,19H2,1-2H3. The van der Waals surface area contributed by atoms with Gasteiger partial charge in [-0.05, 0) is 48.1 Å². The van der Waals surface area contributed by atoms with Gasteiger partial charge >= 0.3 is 0 Å². The average Bonchev–Trinajstić information content (AvgIpc) is 2.58. The number of aromatic nitrogens is 1. The zero-order valence-electron chi connectivity index (χ0n) is 12.5. The minimum Gasteiger partial charge on any atom is -0.321 e. The summed E-state index contributed by atoms with van der Waals surface area (Å²) in [6.45, 7) is 4.73. The minimum atomic E-state index is -0.186. The van der Waals surface area contributed by atoms with Crippen molar-refractivity contribution in [1.82, 2.24) is 4.98 Å². The molecule has 3 rings (SSSR count). The van der Waals surface area contributed by atoms with E-state index in [1.165, 1.54) is 35.6 Å². The van der Waals surface area contributed by atoms with Crippen molar-refractivity contribution in [3.8, 4) is 0 Å². The van der Waals surface area contributed by atoms with Crippen molar-refractivity contribution in [3.63, 3.8) is 0 Å². The van der Waals surface area contributed by atoms with E-state index in [9.17, 15) is 0 Å². The highest BCUT2D eigenvalue weighted by Crippen LogP contribution is 2.42. The first-order chi connectivity index (χ1) is 9.50. The van der Waals surface area contributed by atoms with Crippen molar-refractivity contribution >= 4 is 10.8 Å². The van der Waals surface area contributed by atoms with Gasteiger partial charge in [-0.2, -0.15) is 0 Å².